The van der Waals surface area contributed by atoms with Gasteiger partial charge in [0.15, 0.2) is 6.10 Å². The van der Waals surface area contributed by atoms with Gasteiger partial charge in [0.1, 0.15) is 0 Å². The zero-order valence-electron chi connectivity index (χ0n) is 18.3. The maximum Gasteiger partial charge on any atom is 0.339 e. The van der Waals surface area contributed by atoms with E-state index in [0.29, 0.717) is 0 Å². The monoisotopic (exact) mass is 461 g/mol. The molecular weight excluding hydrogens is 430 g/mol. The maximum atomic E-state index is 12.5. The number of rotatable bonds is 7. The van der Waals surface area contributed by atoms with E-state index in [1.54, 1.807) is 0 Å². The summed E-state index contributed by atoms with van der Waals surface area (Å²) in [6, 6.07) is 10.4. The minimum Gasteiger partial charge on any atom is -0.467 e. The first-order valence-corrected chi connectivity index (χ1v) is 10.7. The van der Waals surface area contributed by atoms with Crippen molar-refractivity contribution in [2.75, 3.05) is 12.8 Å². The first-order chi connectivity index (χ1) is 13.6. The van der Waals surface area contributed by atoms with E-state index < -0.39 is 17.7 Å². The number of methoxy groups -OCH3 is 1. The third kappa shape index (κ3) is 5.83. The Morgan fingerprint density at radius 3 is 2.28 bits per heavy atom. The third-order valence-electron chi connectivity index (χ3n) is 5.04. The Morgan fingerprint density at radius 2 is 1.72 bits per heavy atom. The quantitative estimate of drug-likeness (QED) is 0.414. The van der Waals surface area contributed by atoms with Gasteiger partial charge in [0.05, 0.1) is 12.7 Å². The molecule has 158 valence electrons. The number of carbonyl (C=O) groups excluding carboxylic acids is 1. The Hall–Kier alpha value is -1.85. The van der Waals surface area contributed by atoms with Crippen LogP contribution in [-0.4, -0.2) is 18.7 Å². The summed E-state index contributed by atoms with van der Waals surface area (Å²) in [6.45, 7) is 9.73. The molecule has 5 heteroatoms. The molecule has 0 aliphatic rings. The number of esters is 1. The Morgan fingerprint density at radius 1 is 1.10 bits per heavy atom. The predicted molar refractivity (Wildman–Crippen MR) is 122 cm³/mol. The molecule has 0 aliphatic carbocycles. The van der Waals surface area contributed by atoms with Crippen molar-refractivity contribution in [2.24, 2.45) is 0 Å². The standard InChI is InChI=1S/C24H32BrNO3/c1-15-18(14-10-13-17-11-8-7-9-12-17)21(26)16(2)19(20(15)25)22(23(27)28-6)29-24(3,4)5/h7-9,11-12,22H,10,13-14,26H2,1-6H3. The number of hydrogen-bond donors (Lipinski definition) is 1. The summed E-state index contributed by atoms with van der Waals surface area (Å²) >= 11 is 3.72. The van der Waals surface area contributed by atoms with Crippen molar-refractivity contribution in [3.05, 3.63) is 62.6 Å². The van der Waals surface area contributed by atoms with E-state index >= 15 is 0 Å². The van der Waals surface area contributed by atoms with Crippen LogP contribution in [0.5, 0.6) is 0 Å². The van der Waals surface area contributed by atoms with Crippen molar-refractivity contribution in [3.63, 3.8) is 0 Å². The Labute approximate surface area is 182 Å². The van der Waals surface area contributed by atoms with Crippen molar-refractivity contribution in [1.29, 1.82) is 0 Å². The lowest BCUT2D eigenvalue weighted by Gasteiger charge is -2.29. The van der Waals surface area contributed by atoms with Gasteiger partial charge < -0.3 is 15.2 Å². The normalized spacial score (nSPS) is 12.7. The summed E-state index contributed by atoms with van der Waals surface area (Å²) in [5.74, 6) is -0.431. The molecule has 29 heavy (non-hydrogen) atoms. The lowest BCUT2D eigenvalue weighted by molar-refractivity contribution is -0.164. The fourth-order valence-electron chi connectivity index (χ4n) is 3.51. The fourth-order valence-corrected chi connectivity index (χ4v) is 4.25. The molecule has 2 rings (SSSR count). The molecule has 0 amide bonds. The molecule has 0 bridgehead atoms. The van der Waals surface area contributed by atoms with Crippen LogP contribution in [0.1, 0.15) is 61.1 Å². The second-order valence-electron chi connectivity index (χ2n) is 8.34. The Balaban J connectivity index is 2.37. The minimum absolute atomic E-state index is 0.431. The van der Waals surface area contributed by atoms with Crippen molar-refractivity contribution in [2.45, 2.75) is 65.6 Å². The van der Waals surface area contributed by atoms with Crippen molar-refractivity contribution in [1.82, 2.24) is 0 Å². The van der Waals surface area contributed by atoms with Gasteiger partial charge in [-0.15, -0.1) is 0 Å². The highest BCUT2D eigenvalue weighted by Gasteiger charge is 2.33. The van der Waals surface area contributed by atoms with Crippen LogP contribution in [0.4, 0.5) is 5.69 Å². The highest BCUT2D eigenvalue weighted by Crippen LogP contribution is 2.40. The van der Waals surface area contributed by atoms with Crippen LogP contribution in [-0.2, 0) is 27.1 Å². The molecule has 0 fully saturated rings. The number of benzene rings is 2. The predicted octanol–water partition coefficient (Wildman–Crippen LogP) is 5.85. The number of halogens is 1. The van der Waals surface area contributed by atoms with Crippen molar-refractivity contribution < 1.29 is 14.3 Å². The van der Waals surface area contributed by atoms with Gasteiger partial charge in [-0.2, -0.15) is 0 Å². The summed E-state index contributed by atoms with van der Waals surface area (Å²) in [7, 11) is 1.37. The molecular formula is C24H32BrNO3. The molecule has 0 spiro atoms. The van der Waals surface area contributed by atoms with Crippen LogP contribution in [0.3, 0.4) is 0 Å². The largest absolute Gasteiger partial charge is 0.467 e. The molecule has 0 saturated carbocycles. The van der Waals surface area contributed by atoms with E-state index in [9.17, 15) is 4.79 Å². The van der Waals surface area contributed by atoms with Crippen LogP contribution in [0.25, 0.3) is 0 Å². The van der Waals surface area contributed by atoms with Gasteiger partial charge in [-0.1, -0.05) is 46.3 Å². The lowest BCUT2D eigenvalue weighted by atomic mass is 9.91. The van der Waals surface area contributed by atoms with Crippen LogP contribution >= 0.6 is 15.9 Å². The number of carbonyl (C=O) groups is 1. The van der Waals surface area contributed by atoms with Crippen LogP contribution < -0.4 is 5.73 Å². The number of anilines is 1. The number of ether oxygens (including phenoxy) is 2. The van der Waals surface area contributed by atoms with E-state index in [0.717, 1.165) is 51.7 Å². The second-order valence-corrected chi connectivity index (χ2v) is 9.14. The van der Waals surface area contributed by atoms with Gasteiger partial charge in [0.25, 0.3) is 0 Å². The van der Waals surface area contributed by atoms with Gasteiger partial charge >= 0.3 is 5.97 Å². The van der Waals surface area contributed by atoms with E-state index in [4.69, 9.17) is 15.2 Å². The van der Waals surface area contributed by atoms with Crippen molar-refractivity contribution >= 4 is 27.6 Å². The Bertz CT molecular complexity index is 828. The van der Waals surface area contributed by atoms with E-state index in [2.05, 4.69) is 40.2 Å². The maximum absolute atomic E-state index is 12.5. The summed E-state index contributed by atoms with van der Waals surface area (Å²) in [6.07, 6.45) is 2.03. The average molecular weight is 462 g/mol. The van der Waals surface area contributed by atoms with E-state index in [-0.39, 0.29) is 0 Å². The van der Waals surface area contributed by atoms with Gasteiger partial charge in [-0.05, 0) is 76.1 Å². The molecule has 4 nitrogen and oxygen atoms in total. The van der Waals surface area contributed by atoms with Gasteiger partial charge in [-0.3, -0.25) is 0 Å². The van der Waals surface area contributed by atoms with Crippen LogP contribution in [0.15, 0.2) is 34.8 Å². The molecule has 0 heterocycles. The smallest absolute Gasteiger partial charge is 0.339 e. The van der Waals surface area contributed by atoms with Gasteiger partial charge in [-0.25, -0.2) is 4.79 Å². The van der Waals surface area contributed by atoms with E-state index in [1.807, 2.05) is 40.7 Å². The number of aryl methyl sites for hydroxylation is 1. The second kappa shape index (κ2) is 9.77. The Kier molecular flexibility index (Phi) is 7.89. The first kappa shape index (κ1) is 23.4. The van der Waals surface area contributed by atoms with Gasteiger partial charge in [0, 0.05) is 15.7 Å². The molecule has 0 aromatic heterocycles. The number of hydrogen-bond acceptors (Lipinski definition) is 4. The first-order valence-electron chi connectivity index (χ1n) is 9.93. The van der Waals surface area contributed by atoms with Crippen LogP contribution in [0, 0.1) is 13.8 Å². The average Bonchev–Trinajstić information content (AvgIpc) is 2.67. The van der Waals surface area contributed by atoms with E-state index in [1.165, 1.54) is 12.7 Å². The molecule has 1 unspecified atom stereocenters. The minimum atomic E-state index is -0.839. The molecule has 2 aromatic carbocycles. The molecule has 0 aliphatic heterocycles. The topological polar surface area (TPSA) is 61.5 Å². The number of nitrogens with two attached hydrogens (primary N) is 1. The fraction of sp³-hybridized carbons (Fsp3) is 0.458. The molecule has 1 atom stereocenters. The molecule has 0 saturated heterocycles. The highest BCUT2D eigenvalue weighted by molar-refractivity contribution is 9.10. The third-order valence-corrected chi connectivity index (χ3v) is 6.06. The highest BCUT2D eigenvalue weighted by atomic mass is 79.9. The van der Waals surface area contributed by atoms with Crippen molar-refractivity contribution in [3.8, 4) is 0 Å². The van der Waals surface area contributed by atoms with Crippen LogP contribution in [0.2, 0.25) is 0 Å². The zero-order valence-corrected chi connectivity index (χ0v) is 19.9. The SMILES string of the molecule is COC(=O)C(OC(C)(C)C)c1c(C)c(N)c(CCCc2ccccc2)c(C)c1Br. The van der Waals surface area contributed by atoms with Gasteiger partial charge in [0.2, 0.25) is 0 Å². The summed E-state index contributed by atoms with van der Waals surface area (Å²) < 4.78 is 11.9. The lowest BCUT2D eigenvalue weighted by Crippen LogP contribution is -2.29. The summed E-state index contributed by atoms with van der Waals surface area (Å²) in [4.78, 5) is 12.5. The summed E-state index contributed by atoms with van der Waals surface area (Å²) in [5, 5.41) is 0. The number of nitrogen functional groups attached to an aromatic ring is 1. The molecule has 2 N–H and O–H groups in total. The zero-order chi connectivity index (χ0) is 21.8. The molecule has 2 aromatic rings. The summed E-state index contributed by atoms with van der Waals surface area (Å²) in [5.41, 5.74) is 11.8. The molecule has 0 radical (unpaired) electrons.